The van der Waals surface area contributed by atoms with Crippen molar-refractivity contribution in [2.45, 2.75) is 38.1 Å². The highest BCUT2D eigenvalue weighted by Gasteiger charge is 2.30. The van der Waals surface area contributed by atoms with Crippen molar-refractivity contribution in [3.8, 4) is 5.75 Å². The number of piperazine rings is 1. The molecule has 1 fully saturated rings. The third kappa shape index (κ3) is 6.66. The van der Waals surface area contributed by atoms with E-state index in [4.69, 9.17) is 16.3 Å². The Morgan fingerprint density at radius 2 is 1.94 bits per heavy atom. The summed E-state index contributed by atoms with van der Waals surface area (Å²) in [6, 6.07) is 10.8. The molecule has 2 unspecified atom stereocenters. The number of halogens is 2. The molecule has 3 rings (SSSR count). The number of ether oxygens (including phenoxy) is 1. The van der Waals surface area contributed by atoms with Crippen LogP contribution in [-0.4, -0.2) is 61.0 Å². The van der Waals surface area contributed by atoms with Crippen molar-refractivity contribution < 1.29 is 26.9 Å². The lowest BCUT2D eigenvalue weighted by molar-refractivity contribution is -0.138. The summed E-state index contributed by atoms with van der Waals surface area (Å²) >= 11 is 5.98. The van der Waals surface area contributed by atoms with Crippen molar-refractivity contribution >= 4 is 27.6 Å². The molecule has 0 bridgehead atoms. The largest absolute Gasteiger partial charge is 0.483 e. The van der Waals surface area contributed by atoms with E-state index in [0.717, 1.165) is 12.0 Å². The van der Waals surface area contributed by atoms with Crippen molar-refractivity contribution in [2.75, 3.05) is 26.2 Å². The summed E-state index contributed by atoms with van der Waals surface area (Å²) in [4.78, 5) is 16.9. The summed E-state index contributed by atoms with van der Waals surface area (Å²) in [6.07, 6.45) is 0.762. The van der Waals surface area contributed by atoms with Gasteiger partial charge in [-0.3, -0.25) is 14.2 Å². The van der Waals surface area contributed by atoms with Crippen LogP contribution in [0.2, 0.25) is 5.02 Å². The van der Waals surface area contributed by atoms with Crippen LogP contribution in [0.3, 0.4) is 0 Å². The van der Waals surface area contributed by atoms with Gasteiger partial charge in [0.05, 0.1) is 0 Å². The maximum absolute atomic E-state index is 13.1. The fraction of sp³-hybridized carbons (Fsp3) is 0.435. The molecule has 0 aliphatic carbocycles. The Kier molecular flexibility index (Phi) is 8.33. The molecule has 0 radical (unpaired) electrons. The van der Waals surface area contributed by atoms with Gasteiger partial charge in [0.15, 0.2) is 6.61 Å². The molecule has 1 saturated heterocycles. The second-order valence-electron chi connectivity index (χ2n) is 8.14. The summed E-state index contributed by atoms with van der Waals surface area (Å²) in [5.74, 6) is -0.292. The molecule has 33 heavy (non-hydrogen) atoms. The molecule has 1 aliphatic rings. The number of amides is 1. The number of hydrogen-bond donors (Lipinski definition) is 1. The second kappa shape index (κ2) is 10.8. The molecule has 0 spiro atoms. The highest BCUT2D eigenvalue weighted by Crippen LogP contribution is 2.32. The summed E-state index contributed by atoms with van der Waals surface area (Å²) in [7, 11) is -4.36. The molecule has 0 saturated carbocycles. The minimum absolute atomic E-state index is 0.00303. The van der Waals surface area contributed by atoms with Crippen LogP contribution < -0.4 is 4.74 Å². The lowest BCUT2D eigenvalue weighted by atomic mass is 10.1. The summed E-state index contributed by atoms with van der Waals surface area (Å²) in [6.45, 7) is 5.63. The van der Waals surface area contributed by atoms with Crippen molar-refractivity contribution in [1.29, 1.82) is 0 Å². The van der Waals surface area contributed by atoms with E-state index in [0.29, 0.717) is 31.2 Å². The molecule has 2 aromatic carbocycles. The smallest absolute Gasteiger partial charge is 0.271 e. The van der Waals surface area contributed by atoms with Gasteiger partial charge in [-0.05, 0) is 49.2 Å². The zero-order valence-electron chi connectivity index (χ0n) is 18.6. The van der Waals surface area contributed by atoms with E-state index in [1.165, 1.54) is 37.3 Å². The fourth-order valence-electron chi connectivity index (χ4n) is 3.94. The molecule has 2 atom stereocenters. The molecule has 1 N–H and O–H groups in total. The quantitative estimate of drug-likeness (QED) is 0.555. The summed E-state index contributed by atoms with van der Waals surface area (Å²) in [5, 5.41) is -0.956. The normalized spacial score (nSPS) is 18.2. The number of carbonyl (C=O) groups is 1. The Hall–Kier alpha value is -2.20. The second-order valence-corrected chi connectivity index (χ2v) is 10.3. The van der Waals surface area contributed by atoms with Crippen molar-refractivity contribution in [1.82, 2.24) is 9.80 Å². The van der Waals surface area contributed by atoms with Crippen LogP contribution in [0.25, 0.3) is 0 Å². The van der Waals surface area contributed by atoms with E-state index in [-0.39, 0.29) is 35.7 Å². The maximum atomic E-state index is 13.1. The van der Waals surface area contributed by atoms with Crippen LogP contribution in [0.4, 0.5) is 4.39 Å². The first kappa shape index (κ1) is 25.4. The van der Waals surface area contributed by atoms with Gasteiger partial charge in [-0.15, -0.1) is 0 Å². The average Bonchev–Trinajstić information content (AvgIpc) is 2.78. The predicted molar refractivity (Wildman–Crippen MR) is 124 cm³/mol. The highest BCUT2D eigenvalue weighted by molar-refractivity contribution is 7.86. The van der Waals surface area contributed by atoms with Gasteiger partial charge in [0.2, 0.25) is 0 Å². The van der Waals surface area contributed by atoms with Crippen molar-refractivity contribution in [3.05, 3.63) is 64.4 Å². The van der Waals surface area contributed by atoms with Crippen LogP contribution in [0, 0.1) is 5.82 Å². The molecular weight excluding hydrogens is 471 g/mol. The van der Waals surface area contributed by atoms with Crippen LogP contribution in [0.15, 0.2) is 42.5 Å². The van der Waals surface area contributed by atoms with E-state index < -0.39 is 15.4 Å². The third-order valence-corrected chi connectivity index (χ3v) is 7.27. The Morgan fingerprint density at radius 1 is 1.24 bits per heavy atom. The van der Waals surface area contributed by atoms with Gasteiger partial charge in [-0.25, -0.2) is 4.39 Å². The Morgan fingerprint density at radius 3 is 2.58 bits per heavy atom. The number of hydrogen-bond acceptors (Lipinski definition) is 5. The molecular formula is C23H28ClFN2O5S. The Bertz CT molecular complexity index is 1080. The number of nitrogens with zero attached hydrogens (tertiary/aromatic N) is 2. The van der Waals surface area contributed by atoms with Crippen LogP contribution in [-0.2, 0) is 21.5 Å². The van der Waals surface area contributed by atoms with Gasteiger partial charge < -0.3 is 9.64 Å². The van der Waals surface area contributed by atoms with Gasteiger partial charge in [0.1, 0.15) is 16.8 Å². The minimum atomic E-state index is -4.36. The monoisotopic (exact) mass is 498 g/mol. The average molecular weight is 499 g/mol. The Labute approximate surface area is 198 Å². The van der Waals surface area contributed by atoms with E-state index in [9.17, 15) is 22.2 Å². The first-order chi connectivity index (χ1) is 15.6. The lowest BCUT2D eigenvalue weighted by Gasteiger charge is -2.41. The molecule has 1 heterocycles. The van der Waals surface area contributed by atoms with E-state index in [1.807, 2.05) is 6.92 Å². The van der Waals surface area contributed by atoms with E-state index >= 15 is 0 Å². The lowest BCUT2D eigenvalue weighted by Crippen LogP contribution is -2.55. The molecule has 180 valence electrons. The van der Waals surface area contributed by atoms with Crippen molar-refractivity contribution in [3.63, 3.8) is 0 Å². The zero-order valence-corrected chi connectivity index (χ0v) is 20.2. The predicted octanol–water partition coefficient (Wildman–Crippen LogP) is 3.93. The van der Waals surface area contributed by atoms with Crippen molar-refractivity contribution in [2.24, 2.45) is 0 Å². The Balaban J connectivity index is 1.63. The number of rotatable bonds is 8. The van der Waals surface area contributed by atoms with Gasteiger partial charge >= 0.3 is 0 Å². The van der Waals surface area contributed by atoms with E-state index in [1.54, 1.807) is 17.0 Å². The van der Waals surface area contributed by atoms with Gasteiger partial charge in [-0.2, -0.15) is 8.42 Å². The molecule has 1 aliphatic heterocycles. The minimum Gasteiger partial charge on any atom is -0.483 e. The molecule has 1 amide bonds. The molecule has 7 nitrogen and oxygen atoms in total. The van der Waals surface area contributed by atoms with Crippen LogP contribution in [0.1, 0.15) is 36.6 Å². The summed E-state index contributed by atoms with van der Waals surface area (Å²) < 4.78 is 51.4. The first-order valence-electron chi connectivity index (χ1n) is 10.7. The molecule has 10 heteroatoms. The standard InChI is InChI=1S/C23H28ClFN2O5S/c1-3-20-14-26(13-17-4-7-19(25)8-5-17)10-11-27(20)23(28)15-32-22-9-6-18(24)12-21(22)16(2)33(29,30)31/h4-9,12,16,20H,3,10-11,13-15H2,1-2H3,(H,29,30,31). The van der Waals surface area contributed by atoms with Crippen LogP contribution in [0.5, 0.6) is 5.75 Å². The fourth-order valence-corrected chi connectivity index (χ4v) is 4.63. The van der Waals surface area contributed by atoms with Gasteiger partial charge in [0, 0.05) is 42.8 Å². The molecule has 2 aromatic rings. The zero-order chi connectivity index (χ0) is 24.2. The SMILES string of the molecule is CCC1CN(Cc2ccc(F)cc2)CCN1C(=O)COc1ccc(Cl)cc1C(C)S(=O)(=O)O. The van der Waals surface area contributed by atoms with Gasteiger partial charge in [-0.1, -0.05) is 30.7 Å². The number of benzene rings is 2. The third-order valence-electron chi connectivity index (χ3n) is 5.89. The van der Waals surface area contributed by atoms with Crippen LogP contribution >= 0.6 is 11.6 Å². The van der Waals surface area contributed by atoms with Gasteiger partial charge in [0.25, 0.3) is 16.0 Å². The first-order valence-corrected chi connectivity index (χ1v) is 12.6. The number of carbonyl (C=O) groups excluding carboxylic acids is 1. The maximum Gasteiger partial charge on any atom is 0.271 e. The summed E-state index contributed by atoms with van der Waals surface area (Å²) in [5.41, 5.74) is 1.20. The topological polar surface area (TPSA) is 87.2 Å². The molecule has 0 aromatic heterocycles. The van der Waals surface area contributed by atoms with E-state index in [2.05, 4.69) is 4.90 Å². The highest BCUT2D eigenvalue weighted by atomic mass is 35.5.